The molecule has 116 valence electrons. The number of aromatic nitrogens is 2. The van der Waals surface area contributed by atoms with Crippen molar-refractivity contribution in [2.45, 2.75) is 26.8 Å². The first-order valence-corrected chi connectivity index (χ1v) is 7.28. The van der Waals surface area contributed by atoms with E-state index in [0.717, 1.165) is 12.0 Å². The minimum atomic E-state index is -0.376. The topological polar surface area (TPSA) is 61.2 Å². The molecule has 0 amide bonds. The maximum atomic E-state index is 12.2. The van der Waals surface area contributed by atoms with Gasteiger partial charge in [0, 0.05) is 12.7 Å². The van der Waals surface area contributed by atoms with E-state index >= 15 is 0 Å². The minimum Gasteiger partial charge on any atom is -0.383 e. The van der Waals surface area contributed by atoms with Crippen LogP contribution in [-0.2, 0) is 17.7 Å². The van der Waals surface area contributed by atoms with E-state index in [4.69, 9.17) is 4.74 Å². The highest BCUT2D eigenvalue weighted by molar-refractivity contribution is 5.94. The van der Waals surface area contributed by atoms with Gasteiger partial charge in [0.2, 0.25) is 0 Å². The van der Waals surface area contributed by atoms with Gasteiger partial charge in [-0.25, -0.2) is 4.68 Å². The summed E-state index contributed by atoms with van der Waals surface area (Å²) in [7, 11) is 1.56. The quantitative estimate of drug-likeness (QED) is 0.768. The third kappa shape index (κ3) is 3.49. The van der Waals surface area contributed by atoms with Gasteiger partial charge in [-0.3, -0.25) is 9.59 Å². The van der Waals surface area contributed by atoms with Crippen LogP contribution in [0, 0.1) is 0 Å². The molecule has 1 aromatic carbocycles. The average Bonchev–Trinajstić information content (AvgIpc) is 2.53. The second kappa shape index (κ2) is 7.13. The molecular weight excluding hydrogens is 280 g/mol. The third-order valence-corrected chi connectivity index (χ3v) is 3.52. The van der Waals surface area contributed by atoms with E-state index in [1.807, 2.05) is 24.3 Å². The SMILES string of the molecule is CCc1ccc(-c2cc(C(C)=O)c(=O)n(CCOC)n2)cc1. The van der Waals surface area contributed by atoms with E-state index in [2.05, 4.69) is 12.0 Å². The average molecular weight is 300 g/mol. The number of benzene rings is 1. The van der Waals surface area contributed by atoms with Crippen LogP contribution in [0.5, 0.6) is 0 Å². The molecule has 1 aromatic heterocycles. The Bertz CT molecular complexity index is 718. The summed E-state index contributed by atoms with van der Waals surface area (Å²) in [5.41, 5.74) is 2.50. The smallest absolute Gasteiger partial charge is 0.277 e. The first kappa shape index (κ1) is 16.1. The number of ketones is 1. The number of carbonyl (C=O) groups is 1. The standard InChI is InChI=1S/C17H20N2O3/c1-4-13-5-7-14(8-6-13)16-11-15(12(2)20)17(21)19(18-16)9-10-22-3/h5-8,11H,4,9-10H2,1-3H3. The summed E-state index contributed by atoms with van der Waals surface area (Å²) in [6.45, 7) is 4.16. The number of aryl methyl sites for hydroxylation is 1. The molecule has 0 bridgehead atoms. The molecule has 0 aliphatic heterocycles. The molecule has 5 nitrogen and oxygen atoms in total. The van der Waals surface area contributed by atoms with Crippen molar-refractivity contribution in [1.82, 2.24) is 9.78 Å². The van der Waals surface area contributed by atoms with Crippen molar-refractivity contribution in [3.8, 4) is 11.3 Å². The van der Waals surface area contributed by atoms with Gasteiger partial charge in [0.25, 0.3) is 5.56 Å². The maximum absolute atomic E-state index is 12.2. The molecule has 1 heterocycles. The van der Waals surface area contributed by atoms with Gasteiger partial charge >= 0.3 is 0 Å². The number of rotatable bonds is 6. The molecular formula is C17H20N2O3. The molecule has 2 aromatic rings. The van der Waals surface area contributed by atoms with Crippen LogP contribution in [0.25, 0.3) is 11.3 Å². The van der Waals surface area contributed by atoms with E-state index in [9.17, 15) is 9.59 Å². The highest BCUT2D eigenvalue weighted by Crippen LogP contribution is 2.18. The zero-order valence-corrected chi connectivity index (χ0v) is 13.1. The first-order chi connectivity index (χ1) is 10.6. The molecule has 0 fully saturated rings. The van der Waals surface area contributed by atoms with Crippen LogP contribution in [0.3, 0.4) is 0 Å². The van der Waals surface area contributed by atoms with Gasteiger partial charge in [-0.05, 0) is 25.0 Å². The molecule has 0 atom stereocenters. The largest absolute Gasteiger partial charge is 0.383 e. The Hall–Kier alpha value is -2.27. The molecule has 0 aliphatic rings. The summed E-state index contributed by atoms with van der Waals surface area (Å²) >= 11 is 0. The monoisotopic (exact) mass is 300 g/mol. The van der Waals surface area contributed by atoms with E-state index in [1.54, 1.807) is 13.2 Å². The normalized spacial score (nSPS) is 10.7. The fourth-order valence-electron chi connectivity index (χ4n) is 2.18. The molecule has 5 heteroatoms. The lowest BCUT2D eigenvalue weighted by molar-refractivity contribution is 0.101. The molecule has 0 unspecified atom stereocenters. The summed E-state index contributed by atoms with van der Waals surface area (Å²) in [5, 5.41) is 4.35. The number of hydrogen-bond acceptors (Lipinski definition) is 4. The van der Waals surface area contributed by atoms with Crippen molar-refractivity contribution in [3.63, 3.8) is 0 Å². The molecule has 2 rings (SSSR count). The lowest BCUT2D eigenvalue weighted by atomic mass is 10.1. The van der Waals surface area contributed by atoms with Crippen LogP contribution in [-0.4, -0.2) is 29.3 Å². The highest BCUT2D eigenvalue weighted by atomic mass is 16.5. The van der Waals surface area contributed by atoms with Gasteiger partial charge < -0.3 is 4.74 Å². The van der Waals surface area contributed by atoms with Gasteiger partial charge in [0.05, 0.1) is 24.4 Å². The Morgan fingerprint density at radius 2 is 1.95 bits per heavy atom. The Morgan fingerprint density at radius 1 is 1.27 bits per heavy atom. The Balaban J connectivity index is 2.52. The Morgan fingerprint density at radius 3 is 2.50 bits per heavy atom. The second-order valence-electron chi connectivity index (χ2n) is 5.07. The number of ether oxygens (including phenoxy) is 1. The summed E-state index contributed by atoms with van der Waals surface area (Å²) < 4.78 is 6.29. The van der Waals surface area contributed by atoms with Gasteiger partial charge in [-0.1, -0.05) is 31.2 Å². The lowest BCUT2D eigenvalue weighted by Gasteiger charge is -2.09. The molecule has 0 aliphatic carbocycles. The van der Waals surface area contributed by atoms with Crippen molar-refractivity contribution in [2.24, 2.45) is 0 Å². The van der Waals surface area contributed by atoms with Gasteiger partial charge in [-0.15, -0.1) is 0 Å². The molecule has 22 heavy (non-hydrogen) atoms. The Kier molecular flexibility index (Phi) is 5.22. The van der Waals surface area contributed by atoms with Crippen molar-refractivity contribution in [3.05, 3.63) is 51.8 Å². The van der Waals surface area contributed by atoms with Crippen molar-refractivity contribution in [1.29, 1.82) is 0 Å². The van der Waals surface area contributed by atoms with E-state index < -0.39 is 0 Å². The third-order valence-electron chi connectivity index (χ3n) is 3.52. The fourth-order valence-corrected chi connectivity index (χ4v) is 2.18. The van der Waals surface area contributed by atoms with Crippen molar-refractivity contribution >= 4 is 5.78 Å². The predicted molar refractivity (Wildman–Crippen MR) is 85.2 cm³/mol. The van der Waals surface area contributed by atoms with Gasteiger partial charge in [0.15, 0.2) is 5.78 Å². The van der Waals surface area contributed by atoms with E-state index in [-0.39, 0.29) is 16.9 Å². The summed E-state index contributed by atoms with van der Waals surface area (Å²) in [6.07, 6.45) is 0.958. The fraction of sp³-hybridized carbons (Fsp3) is 0.353. The molecule has 0 radical (unpaired) electrons. The van der Waals surface area contributed by atoms with Crippen LogP contribution in [0.1, 0.15) is 29.8 Å². The highest BCUT2D eigenvalue weighted by Gasteiger charge is 2.13. The van der Waals surface area contributed by atoms with Crippen molar-refractivity contribution in [2.75, 3.05) is 13.7 Å². The number of carbonyl (C=O) groups excluding carboxylic acids is 1. The Labute approximate surface area is 129 Å². The van der Waals surface area contributed by atoms with Crippen LogP contribution in [0.15, 0.2) is 35.1 Å². The van der Waals surface area contributed by atoms with Crippen LogP contribution < -0.4 is 5.56 Å². The zero-order valence-electron chi connectivity index (χ0n) is 13.1. The second-order valence-corrected chi connectivity index (χ2v) is 5.07. The summed E-state index contributed by atoms with van der Waals surface area (Å²) in [5.74, 6) is -0.259. The number of hydrogen-bond donors (Lipinski definition) is 0. The number of methoxy groups -OCH3 is 1. The molecule has 0 N–H and O–H groups in total. The lowest BCUT2D eigenvalue weighted by Crippen LogP contribution is -2.29. The van der Waals surface area contributed by atoms with Gasteiger partial charge in [-0.2, -0.15) is 5.10 Å². The van der Waals surface area contributed by atoms with Gasteiger partial charge in [0.1, 0.15) is 0 Å². The summed E-state index contributed by atoms with van der Waals surface area (Å²) in [4.78, 5) is 23.9. The van der Waals surface area contributed by atoms with Crippen LogP contribution in [0.4, 0.5) is 0 Å². The van der Waals surface area contributed by atoms with Crippen LogP contribution >= 0.6 is 0 Å². The molecule has 0 saturated heterocycles. The van der Waals surface area contributed by atoms with E-state index in [1.165, 1.54) is 17.2 Å². The first-order valence-electron chi connectivity index (χ1n) is 7.28. The maximum Gasteiger partial charge on any atom is 0.277 e. The zero-order chi connectivity index (χ0) is 16.1. The number of nitrogens with zero attached hydrogens (tertiary/aromatic N) is 2. The van der Waals surface area contributed by atoms with Crippen LogP contribution in [0.2, 0.25) is 0 Å². The minimum absolute atomic E-state index is 0.153. The van der Waals surface area contributed by atoms with E-state index in [0.29, 0.717) is 18.8 Å². The number of Topliss-reactive ketones (excluding diaryl/α,β-unsaturated/α-hetero) is 1. The summed E-state index contributed by atoms with van der Waals surface area (Å²) in [6, 6.07) is 9.52. The predicted octanol–water partition coefficient (Wildman–Crippen LogP) is 2.32. The molecule has 0 saturated carbocycles. The molecule has 0 spiro atoms. The van der Waals surface area contributed by atoms with Crippen molar-refractivity contribution < 1.29 is 9.53 Å².